The maximum atomic E-state index is 10.2. The SMILES string of the molecule is C=C(C)C(=O)OC.[Zn]. The number of methoxy groups -OCH3 is 1. The Labute approximate surface area is 61.7 Å². The molecule has 0 atom stereocenters. The molecular formula is C5H8O2Zn. The molecule has 0 saturated heterocycles. The Kier molecular flexibility index (Phi) is 6.69. The number of rotatable bonds is 1. The van der Waals surface area contributed by atoms with Crippen LogP contribution in [-0.4, -0.2) is 13.1 Å². The second-order valence-electron chi connectivity index (χ2n) is 1.27. The van der Waals surface area contributed by atoms with Crippen LogP contribution < -0.4 is 0 Å². The maximum absolute atomic E-state index is 10.2. The summed E-state index contributed by atoms with van der Waals surface area (Å²) in [4.78, 5) is 10.2. The molecule has 0 aromatic carbocycles. The van der Waals surface area contributed by atoms with Gasteiger partial charge in [-0.25, -0.2) is 4.79 Å². The van der Waals surface area contributed by atoms with E-state index in [1.54, 1.807) is 6.92 Å². The third-order valence-electron chi connectivity index (χ3n) is 0.534. The Morgan fingerprint density at radius 2 is 2.00 bits per heavy atom. The second kappa shape index (κ2) is 4.98. The van der Waals surface area contributed by atoms with Crippen LogP contribution >= 0.6 is 0 Å². The number of esters is 1. The quantitative estimate of drug-likeness (QED) is 0.325. The average molecular weight is 166 g/mol. The zero-order valence-electron chi connectivity index (χ0n) is 5.23. The van der Waals surface area contributed by atoms with Gasteiger partial charge in [-0.3, -0.25) is 0 Å². The van der Waals surface area contributed by atoms with Crippen molar-refractivity contribution in [2.45, 2.75) is 6.92 Å². The van der Waals surface area contributed by atoms with Gasteiger partial charge in [0.25, 0.3) is 0 Å². The van der Waals surface area contributed by atoms with Gasteiger partial charge in [0.2, 0.25) is 0 Å². The molecule has 0 amide bonds. The minimum Gasteiger partial charge on any atom is -0.466 e. The normalized spacial score (nSPS) is 6.75. The number of ether oxygens (including phenoxy) is 1. The number of carbonyl (C=O) groups is 1. The van der Waals surface area contributed by atoms with Crippen LogP contribution in [0.1, 0.15) is 6.92 Å². The first kappa shape index (κ1) is 10.7. The molecule has 0 radical (unpaired) electrons. The summed E-state index contributed by atoms with van der Waals surface area (Å²) in [5.74, 6) is -0.347. The molecule has 0 fully saturated rings. The summed E-state index contributed by atoms with van der Waals surface area (Å²) >= 11 is 0. The molecule has 8 heavy (non-hydrogen) atoms. The Bertz CT molecular complexity index is 98.6. The molecule has 0 rings (SSSR count). The van der Waals surface area contributed by atoms with Crippen molar-refractivity contribution in [2.24, 2.45) is 0 Å². The Hall–Kier alpha value is -0.167. The van der Waals surface area contributed by atoms with Gasteiger partial charge in [0.1, 0.15) is 0 Å². The van der Waals surface area contributed by atoms with Crippen LogP contribution in [0.3, 0.4) is 0 Å². The maximum Gasteiger partial charge on any atom is 0.332 e. The van der Waals surface area contributed by atoms with E-state index < -0.39 is 0 Å². The second-order valence-corrected chi connectivity index (χ2v) is 1.27. The largest absolute Gasteiger partial charge is 0.466 e. The molecule has 0 unspecified atom stereocenters. The zero-order valence-corrected chi connectivity index (χ0v) is 8.20. The summed E-state index contributed by atoms with van der Waals surface area (Å²) < 4.78 is 4.27. The van der Waals surface area contributed by atoms with Crippen LogP contribution in [0.15, 0.2) is 12.2 Å². The van der Waals surface area contributed by atoms with E-state index in [4.69, 9.17) is 0 Å². The van der Waals surface area contributed by atoms with Gasteiger partial charge >= 0.3 is 5.97 Å². The fourth-order valence-electron chi connectivity index (χ4n) is 0.174. The Balaban J connectivity index is 0. The molecule has 0 spiro atoms. The van der Waals surface area contributed by atoms with Gasteiger partial charge in [-0.1, -0.05) is 6.58 Å². The van der Waals surface area contributed by atoms with E-state index in [0.717, 1.165) is 0 Å². The predicted molar refractivity (Wildman–Crippen MR) is 26.8 cm³/mol. The van der Waals surface area contributed by atoms with Crippen LogP contribution in [0.4, 0.5) is 0 Å². The van der Waals surface area contributed by atoms with Gasteiger partial charge in [-0.15, -0.1) is 0 Å². The molecule has 42 valence electrons. The van der Waals surface area contributed by atoms with Crippen LogP contribution in [0.5, 0.6) is 0 Å². The van der Waals surface area contributed by atoms with Crippen molar-refractivity contribution in [1.82, 2.24) is 0 Å². The van der Waals surface area contributed by atoms with Crippen LogP contribution in [0.25, 0.3) is 0 Å². The molecule has 0 aromatic rings. The van der Waals surface area contributed by atoms with Crippen molar-refractivity contribution in [3.8, 4) is 0 Å². The zero-order chi connectivity index (χ0) is 5.86. The summed E-state index contributed by atoms with van der Waals surface area (Å²) in [6.45, 7) is 4.95. The Morgan fingerprint density at radius 1 is 1.62 bits per heavy atom. The molecule has 0 saturated carbocycles. The summed E-state index contributed by atoms with van der Waals surface area (Å²) in [5, 5.41) is 0. The fraction of sp³-hybridized carbons (Fsp3) is 0.400. The Morgan fingerprint density at radius 3 is 2.00 bits per heavy atom. The van der Waals surface area contributed by atoms with Gasteiger partial charge in [0.05, 0.1) is 7.11 Å². The van der Waals surface area contributed by atoms with E-state index in [-0.39, 0.29) is 25.4 Å². The minimum absolute atomic E-state index is 0. The fourth-order valence-corrected chi connectivity index (χ4v) is 0.174. The summed E-state index contributed by atoms with van der Waals surface area (Å²) in [6, 6.07) is 0. The van der Waals surface area contributed by atoms with Crippen molar-refractivity contribution in [2.75, 3.05) is 7.11 Å². The average Bonchev–Trinajstić information content (AvgIpc) is 1.65. The summed E-state index contributed by atoms with van der Waals surface area (Å²) in [6.07, 6.45) is 0. The van der Waals surface area contributed by atoms with Gasteiger partial charge in [-0.05, 0) is 6.92 Å². The third kappa shape index (κ3) is 4.00. The predicted octanol–water partition coefficient (Wildman–Crippen LogP) is 0.733. The third-order valence-corrected chi connectivity index (χ3v) is 0.534. The van der Waals surface area contributed by atoms with Gasteiger partial charge in [0, 0.05) is 25.1 Å². The van der Waals surface area contributed by atoms with Crippen molar-refractivity contribution in [3.63, 3.8) is 0 Å². The molecule has 0 heterocycles. The molecular weight excluding hydrogens is 157 g/mol. The monoisotopic (exact) mass is 164 g/mol. The number of hydrogen-bond acceptors (Lipinski definition) is 2. The standard InChI is InChI=1S/C5H8O2.Zn/c1-4(2)5(6)7-3;/h1H2,2-3H3;. The van der Waals surface area contributed by atoms with Crippen LogP contribution in [0.2, 0.25) is 0 Å². The molecule has 0 aromatic heterocycles. The van der Waals surface area contributed by atoms with Crippen molar-refractivity contribution in [3.05, 3.63) is 12.2 Å². The first-order valence-corrected chi connectivity index (χ1v) is 1.92. The van der Waals surface area contributed by atoms with Gasteiger partial charge in [0.15, 0.2) is 0 Å². The van der Waals surface area contributed by atoms with Gasteiger partial charge < -0.3 is 4.74 Å². The molecule has 0 aliphatic rings. The molecule has 0 aliphatic heterocycles. The molecule has 2 nitrogen and oxygen atoms in total. The molecule has 3 heteroatoms. The van der Waals surface area contributed by atoms with Crippen LogP contribution in [0, 0.1) is 0 Å². The van der Waals surface area contributed by atoms with E-state index >= 15 is 0 Å². The minimum atomic E-state index is -0.347. The van der Waals surface area contributed by atoms with E-state index in [1.807, 2.05) is 0 Å². The smallest absolute Gasteiger partial charge is 0.332 e. The molecule has 0 bridgehead atoms. The summed E-state index contributed by atoms with van der Waals surface area (Å²) in [5.41, 5.74) is 0.433. The first-order chi connectivity index (χ1) is 3.18. The number of hydrogen-bond donors (Lipinski definition) is 0. The van der Waals surface area contributed by atoms with E-state index in [1.165, 1.54) is 7.11 Å². The molecule has 0 N–H and O–H groups in total. The van der Waals surface area contributed by atoms with Crippen molar-refractivity contribution in [1.29, 1.82) is 0 Å². The summed E-state index contributed by atoms with van der Waals surface area (Å²) in [7, 11) is 1.33. The van der Waals surface area contributed by atoms with Crippen LogP contribution in [-0.2, 0) is 29.0 Å². The van der Waals surface area contributed by atoms with E-state index in [2.05, 4.69) is 11.3 Å². The van der Waals surface area contributed by atoms with Crippen molar-refractivity contribution >= 4 is 5.97 Å². The molecule has 0 aliphatic carbocycles. The first-order valence-electron chi connectivity index (χ1n) is 1.92. The van der Waals surface area contributed by atoms with Crippen molar-refractivity contribution < 1.29 is 29.0 Å². The number of carbonyl (C=O) groups excluding carboxylic acids is 1. The van der Waals surface area contributed by atoms with E-state index in [9.17, 15) is 4.79 Å². The topological polar surface area (TPSA) is 26.3 Å². The van der Waals surface area contributed by atoms with Gasteiger partial charge in [-0.2, -0.15) is 0 Å². The van der Waals surface area contributed by atoms with E-state index in [0.29, 0.717) is 5.57 Å².